The third-order valence-electron chi connectivity index (χ3n) is 5.95. The molecule has 10 heteroatoms. The summed E-state index contributed by atoms with van der Waals surface area (Å²) in [6, 6.07) is 10.7. The molecule has 2 unspecified atom stereocenters. The van der Waals surface area contributed by atoms with Crippen molar-refractivity contribution in [3.8, 4) is 0 Å². The van der Waals surface area contributed by atoms with Gasteiger partial charge in [0.15, 0.2) is 17.6 Å². The summed E-state index contributed by atoms with van der Waals surface area (Å²) in [6.07, 6.45) is 1.89. The summed E-state index contributed by atoms with van der Waals surface area (Å²) in [5, 5.41) is 20.3. The molecule has 0 aliphatic carbocycles. The van der Waals surface area contributed by atoms with Gasteiger partial charge in [0.2, 0.25) is 0 Å². The van der Waals surface area contributed by atoms with Crippen LogP contribution < -0.4 is 10.6 Å². The van der Waals surface area contributed by atoms with Crippen LogP contribution in [0.5, 0.6) is 0 Å². The number of aromatic nitrogens is 6. The van der Waals surface area contributed by atoms with Crippen LogP contribution in [-0.2, 0) is 26.6 Å². The monoisotopic (exact) mass is 563 g/mol. The summed E-state index contributed by atoms with van der Waals surface area (Å²) in [6.45, 7) is 9.57. The maximum absolute atomic E-state index is 4.84. The van der Waals surface area contributed by atoms with Gasteiger partial charge in [-0.15, -0.1) is 34.2 Å². The van der Waals surface area contributed by atoms with Crippen LogP contribution >= 0.6 is 24.0 Å². The predicted octanol–water partition coefficient (Wildman–Crippen LogP) is 3.27. The van der Waals surface area contributed by atoms with E-state index in [0.717, 1.165) is 48.6 Å². The van der Waals surface area contributed by atoms with Crippen molar-refractivity contribution >= 4 is 29.9 Å². The van der Waals surface area contributed by atoms with Gasteiger partial charge in [-0.3, -0.25) is 0 Å². The number of nitrogens with one attached hydrogen (secondary N) is 2. The van der Waals surface area contributed by atoms with Gasteiger partial charge in [-0.25, -0.2) is 14.7 Å². The van der Waals surface area contributed by atoms with E-state index in [4.69, 9.17) is 15.1 Å². The lowest BCUT2D eigenvalue weighted by atomic mass is 10.1. The second-order valence-corrected chi connectivity index (χ2v) is 8.77. The number of rotatable bonds is 6. The van der Waals surface area contributed by atoms with Crippen molar-refractivity contribution in [2.24, 2.45) is 12.0 Å². The SMILES string of the molecule is Cc1nnc(CN=C(NC2CCc3nc(C(C)C)nn3C2)NC(C)c2ccccc2)n1C.I. The number of hydrogen-bond donors (Lipinski definition) is 2. The third kappa shape index (κ3) is 6.10. The number of hydrogen-bond acceptors (Lipinski definition) is 5. The van der Waals surface area contributed by atoms with Crippen molar-refractivity contribution in [1.82, 2.24) is 40.2 Å². The number of halogens is 1. The first kappa shape index (κ1) is 25.1. The Bertz CT molecular complexity index is 1070. The summed E-state index contributed by atoms with van der Waals surface area (Å²) < 4.78 is 4.01. The topological polar surface area (TPSA) is 97.8 Å². The molecule has 0 saturated heterocycles. The zero-order chi connectivity index (χ0) is 22.7. The lowest BCUT2D eigenvalue weighted by Crippen LogP contribution is -2.47. The van der Waals surface area contributed by atoms with Gasteiger partial charge in [-0.2, -0.15) is 5.10 Å². The van der Waals surface area contributed by atoms with Crippen molar-refractivity contribution in [3.05, 3.63) is 59.2 Å². The Morgan fingerprint density at radius 3 is 2.61 bits per heavy atom. The molecule has 3 heterocycles. The summed E-state index contributed by atoms with van der Waals surface area (Å²) in [5.41, 5.74) is 1.21. The number of benzene rings is 1. The molecule has 2 N–H and O–H groups in total. The molecule has 4 rings (SSSR count). The first-order valence-corrected chi connectivity index (χ1v) is 11.3. The van der Waals surface area contributed by atoms with Crippen LogP contribution in [-0.4, -0.2) is 41.5 Å². The van der Waals surface area contributed by atoms with Gasteiger partial charge in [-0.1, -0.05) is 44.2 Å². The van der Waals surface area contributed by atoms with Crippen LogP contribution in [0.1, 0.15) is 68.0 Å². The molecule has 0 bridgehead atoms. The van der Waals surface area contributed by atoms with Gasteiger partial charge in [0.1, 0.15) is 18.2 Å². The number of nitrogens with zero attached hydrogens (tertiary/aromatic N) is 7. The molecule has 2 aromatic heterocycles. The van der Waals surface area contributed by atoms with Gasteiger partial charge >= 0.3 is 0 Å². The van der Waals surface area contributed by atoms with E-state index in [0.29, 0.717) is 12.5 Å². The van der Waals surface area contributed by atoms with Crippen molar-refractivity contribution < 1.29 is 0 Å². The Morgan fingerprint density at radius 2 is 1.94 bits per heavy atom. The fourth-order valence-corrected chi connectivity index (χ4v) is 3.79. The summed E-state index contributed by atoms with van der Waals surface area (Å²) in [7, 11) is 1.97. The van der Waals surface area contributed by atoms with Crippen LogP contribution in [0.25, 0.3) is 0 Å². The second kappa shape index (κ2) is 11.1. The quantitative estimate of drug-likeness (QED) is 0.272. The summed E-state index contributed by atoms with van der Waals surface area (Å²) in [4.78, 5) is 9.54. The van der Waals surface area contributed by atoms with E-state index < -0.39 is 0 Å². The van der Waals surface area contributed by atoms with Crippen LogP contribution in [0.3, 0.4) is 0 Å². The molecule has 9 nitrogen and oxygen atoms in total. The number of aryl methyl sites for hydroxylation is 2. The highest BCUT2D eigenvalue weighted by molar-refractivity contribution is 14.0. The smallest absolute Gasteiger partial charge is 0.192 e. The van der Waals surface area contributed by atoms with E-state index in [9.17, 15) is 0 Å². The van der Waals surface area contributed by atoms with E-state index in [1.165, 1.54) is 5.56 Å². The molecule has 1 aromatic carbocycles. The van der Waals surface area contributed by atoms with E-state index in [-0.39, 0.29) is 36.1 Å². The first-order valence-electron chi connectivity index (χ1n) is 11.3. The fraction of sp³-hybridized carbons (Fsp3) is 0.522. The Kier molecular flexibility index (Phi) is 8.44. The highest BCUT2D eigenvalue weighted by atomic mass is 127. The zero-order valence-electron chi connectivity index (χ0n) is 20.0. The third-order valence-corrected chi connectivity index (χ3v) is 5.95. The van der Waals surface area contributed by atoms with Crippen LogP contribution in [0.4, 0.5) is 0 Å². The molecular weight excluding hydrogens is 529 g/mol. The average molecular weight is 563 g/mol. The van der Waals surface area contributed by atoms with Crippen molar-refractivity contribution in [2.75, 3.05) is 0 Å². The maximum Gasteiger partial charge on any atom is 0.192 e. The molecule has 0 fully saturated rings. The largest absolute Gasteiger partial charge is 0.352 e. The molecule has 1 aliphatic rings. The summed E-state index contributed by atoms with van der Waals surface area (Å²) in [5.74, 6) is 4.80. The van der Waals surface area contributed by atoms with Crippen molar-refractivity contribution in [3.63, 3.8) is 0 Å². The lowest BCUT2D eigenvalue weighted by Gasteiger charge is -2.27. The minimum absolute atomic E-state index is 0. The van der Waals surface area contributed by atoms with Crippen LogP contribution in [0.15, 0.2) is 35.3 Å². The van der Waals surface area contributed by atoms with E-state index in [1.807, 2.05) is 29.3 Å². The van der Waals surface area contributed by atoms with Gasteiger partial charge in [-0.05, 0) is 25.8 Å². The Morgan fingerprint density at radius 1 is 1.18 bits per heavy atom. The van der Waals surface area contributed by atoms with Gasteiger partial charge in [0.25, 0.3) is 0 Å². The molecule has 1 aliphatic heterocycles. The molecule has 2 atom stereocenters. The van der Waals surface area contributed by atoms with E-state index in [2.05, 4.69) is 65.9 Å². The second-order valence-electron chi connectivity index (χ2n) is 8.77. The predicted molar refractivity (Wildman–Crippen MR) is 140 cm³/mol. The van der Waals surface area contributed by atoms with Crippen LogP contribution in [0, 0.1) is 6.92 Å². The minimum Gasteiger partial charge on any atom is -0.352 e. The van der Waals surface area contributed by atoms with E-state index >= 15 is 0 Å². The minimum atomic E-state index is 0. The Labute approximate surface area is 212 Å². The molecule has 33 heavy (non-hydrogen) atoms. The first-order chi connectivity index (χ1) is 15.4. The number of fused-ring (bicyclic) bond motifs is 1. The summed E-state index contributed by atoms with van der Waals surface area (Å²) >= 11 is 0. The van der Waals surface area contributed by atoms with Gasteiger partial charge < -0.3 is 15.2 Å². The van der Waals surface area contributed by atoms with Crippen LogP contribution in [0.2, 0.25) is 0 Å². The number of guanidine groups is 1. The zero-order valence-corrected chi connectivity index (χ0v) is 22.3. The molecular formula is C23H34IN9. The molecule has 0 radical (unpaired) electrons. The molecule has 3 aromatic rings. The highest BCUT2D eigenvalue weighted by Crippen LogP contribution is 2.17. The molecule has 0 spiro atoms. The van der Waals surface area contributed by atoms with Gasteiger partial charge in [0, 0.05) is 25.4 Å². The molecule has 0 saturated carbocycles. The standard InChI is InChI=1S/C23H33N9.HI/c1-15(2)22-27-20-12-11-19(14-32(20)30-22)26-23(24-13-21-29-28-17(4)31(21)5)25-16(3)18-9-7-6-8-10-18;/h6-10,15-16,19H,11-14H2,1-5H3,(H2,24,25,26);1H. The van der Waals surface area contributed by atoms with Gasteiger partial charge in [0.05, 0.1) is 12.6 Å². The van der Waals surface area contributed by atoms with Crippen molar-refractivity contribution in [2.45, 2.75) is 71.6 Å². The van der Waals surface area contributed by atoms with E-state index in [1.54, 1.807) is 0 Å². The maximum atomic E-state index is 4.84. The Balaban J connectivity index is 0.00000306. The Hall–Kier alpha value is -2.50. The number of aliphatic imine (C=N–C) groups is 1. The normalized spacial score (nSPS) is 16.8. The van der Waals surface area contributed by atoms with Crippen molar-refractivity contribution in [1.29, 1.82) is 0 Å². The lowest BCUT2D eigenvalue weighted by molar-refractivity contribution is 0.390. The molecule has 178 valence electrons. The highest BCUT2D eigenvalue weighted by Gasteiger charge is 2.23. The fourth-order valence-electron chi connectivity index (χ4n) is 3.79. The average Bonchev–Trinajstić information content (AvgIpc) is 3.36. The molecule has 0 amide bonds.